The fraction of sp³-hybridized carbons (Fsp3) is 0.917. The smallest absolute Gasteiger partial charge is 0.310 e. The molecule has 0 spiro atoms. The van der Waals surface area contributed by atoms with Crippen LogP contribution in [-0.4, -0.2) is 50.2 Å². The van der Waals surface area contributed by atoms with E-state index >= 15 is 0 Å². The molecule has 4 heteroatoms. The number of carbonyl (C=O) groups is 1. The number of piperidine rings is 2. The average molecular weight is 226 g/mol. The number of hydrogen-bond donors (Lipinski definition) is 1. The van der Waals surface area contributed by atoms with Crippen molar-refractivity contribution in [3.05, 3.63) is 0 Å². The van der Waals surface area contributed by atoms with Gasteiger partial charge >= 0.3 is 5.97 Å². The van der Waals surface area contributed by atoms with Crippen LogP contribution in [0.15, 0.2) is 0 Å². The Morgan fingerprint density at radius 3 is 2.69 bits per heavy atom. The van der Waals surface area contributed by atoms with Crippen LogP contribution in [0.4, 0.5) is 0 Å². The molecule has 1 atom stereocenters. The third-order valence-electron chi connectivity index (χ3n) is 3.58. The Kier molecular flexibility index (Phi) is 4.18. The fourth-order valence-electron chi connectivity index (χ4n) is 2.42. The van der Waals surface area contributed by atoms with Crippen molar-refractivity contribution in [2.75, 3.05) is 33.2 Å². The molecule has 2 rings (SSSR count). The van der Waals surface area contributed by atoms with Gasteiger partial charge in [-0.1, -0.05) is 0 Å². The molecule has 0 aromatic heterocycles. The Bertz CT molecular complexity index is 231. The second-order valence-corrected chi connectivity index (χ2v) is 4.98. The van der Waals surface area contributed by atoms with Gasteiger partial charge in [-0.15, -0.1) is 0 Å². The standard InChI is InChI=1S/C12H22N2O2/c1-14-7-4-11(5-8-14)16-12(15)10-3-2-6-13-9-10/h10-11,13H,2-9H2,1H3. The number of ether oxygens (including phenoxy) is 1. The Morgan fingerprint density at radius 2 is 2.06 bits per heavy atom. The summed E-state index contributed by atoms with van der Waals surface area (Å²) in [6.07, 6.45) is 4.21. The highest BCUT2D eigenvalue weighted by Gasteiger charge is 2.26. The van der Waals surface area contributed by atoms with Crippen molar-refractivity contribution in [3.8, 4) is 0 Å². The molecule has 0 aromatic carbocycles. The van der Waals surface area contributed by atoms with E-state index < -0.39 is 0 Å². The Labute approximate surface area is 97.3 Å². The van der Waals surface area contributed by atoms with Gasteiger partial charge in [-0.05, 0) is 39.3 Å². The third-order valence-corrected chi connectivity index (χ3v) is 3.58. The first-order valence-electron chi connectivity index (χ1n) is 6.35. The van der Waals surface area contributed by atoms with Crippen LogP contribution in [0.5, 0.6) is 0 Å². The van der Waals surface area contributed by atoms with Crippen molar-refractivity contribution in [3.63, 3.8) is 0 Å². The maximum atomic E-state index is 11.9. The summed E-state index contributed by atoms with van der Waals surface area (Å²) in [6, 6.07) is 0. The van der Waals surface area contributed by atoms with Gasteiger partial charge in [0, 0.05) is 19.6 Å². The molecule has 2 aliphatic heterocycles. The van der Waals surface area contributed by atoms with Crippen LogP contribution in [0.25, 0.3) is 0 Å². The molecule has 1 N–H and O–H groups in total. The number of likely N-dealkylation sites (tertiary alicyclic amines) is 1. The number of hydrogen-bond acceptors (Lipinski definition) is 4. The minimum atomic E-state index is 0.0155. The van der Waals surface area contributed by atoms with Crippen LogP contribution in [0.2, 0.25) is 0 Å². The molecule has 92 valence electrons. The minimum absolute atomic E-state index is 0.0155. The summed E-state index contributed by atoms with van der Waals surface area (Å²) in [6.45, 7) is 3.92. The highest BCUT2D eigenvalue weighted by Crippen LogP contribution is 2.17. The molecule has 1 unspecified atom stereocenters. The number of esters is 1. The number of nitrogens with one attached hydrogen (secondary N) is 1. The lowest BCUT2D eigenvalue weighted by Gasteiger charge is -2.30. The average Bonchev–Trinajstić information content (AvgIpc) is 2.33. The molecule has 4 nitrogen and oxygen atoms in total. The summed E-state index contributed by atoms with van der Waals surface area (Å²) in [5.74, 6) is 0.107. The zero-order chi connectivity index (χ0) is 11.4. The number of rotatable bonds is 2. The summed E-state index contributed by atoms with van der Waals surface area (Å²) in [7, 11) is 2.11. The zero-order valence-electron chi connectivity index (χ0n) is 10.1. The van der Waals surface area contributed by atoms with Crippen molar-refractivity contribution in [1.82, 2.24) is 10.2 Å². The van der Waals surface area contributed by atoms with Crippen molar-refractivity contribution in [1.29, 1.82) is 0 Å². The minimum Gasteiger partial charge on any atom is -0.462 e. The highest BCUT2D eigenvalue weighted by molar-refractivity contribution is 5.73. The monoisotopic (exact) mass is 226 g/mol. The van der Waals surface area contributed by atoms with Gasteiger partial charge < -0.3 is 15.0 Å². The lowest BCUT2D eigenvalue weighted by molar-refractivity contribution is -0.156. The molecule has 2 fully saturated rings. The molecular formula is C12H22N2O2. The lowest BCUT2D eigenvalue weighted by Crippen LogP contribution is -2.39. The quantitative estimate of drug-likeness (QED) is 0.701. The van der Waals surface area contributed by atoms with E-state index in [4.69, 9.17) is 4.74 Å². The van der Waals surface area contributed by atoms with E-state index in [9.17, 15) is 4.79 Å². The van der Waals surface area contributed by atoms with E-state index in [2.05, 4.69) is 17.3 Å². The lowest BCUT2D eigenvalue weighted by atomic mass is 9.99. The van der Waals surface area contributed by atoms with Gasteiger partial charge in [0.15, 0.2) is 0 Å². The van der Waals surface area contributed by atoms with Gasteiger partial charge in [-0.25, -0.2) is 0 Å². The molecule has 0 aliphatic carbocycles. The molecule has 0 radical (unpaired) electrons. The molecule has 2 heterocycles. The first kappa shape index (κ1) is 11.9. The topological polar surface area (TPSA) is 41.6 Å². The molecule has 0 amide bonds. The van der Waals surface area contributed by atoms with Gasteiger partial charge in [0.25, 0.3) is 0 Å². The maximum absolute atomic E-state index is 11.9. The van der Waals surface area contributed by atoms with Crippen LogP contribution in [0.1, 0.15) is 25.7 Å². The van der Waals surface area contributed by atoms with Crippen LogP contribution < -0.4 is 5.32 Å². The maximum Gasteiger partial charge on any atom is 0.310 e. The predicted molar refractivity (Wildman–Crippen MR) is 62.2 cm³/mol. The zero-order valence-corrected chi connectivity index (χ0v) is 10.1. The molecule has 0 aromatic rings. The fourth-order valence-corrected chi connectivity index (χ4v) is 2.42. The largest absolute Gasteiger partial charge is 0.462 e. The van der Waals surface area contributed by atoms with E-state index in [1.807, 2.05) is 0 Å². The van der Waals surface area contributed by atoms with Crippen LogP contribution in [-0.2, 0) is 9.53 Å². The summed E-state index contributed by atoms with van der Waals surface area (Å²) in [5, 5.41) is 3.25. The van der Waals surface area contributed by atoms with E-state index in [1.54, 1.807) is 0 Å². The van der Waals surface area contributed by atoms with E-state index in [1.165, 1.54) is 0 Å². The molecule has 0 saturated carbocycles. The third kappa shape index (κ3) is 3.19. The van der Waals surface area contributed by atoms with Gasteiger partial charge in [-0.2, -0.15) is 0 Å². The first-order chi connectivity index (χ1) is 7.75. The van der Waals surface area contributed by atoms with Crippen LogP contribution in [0.3, 0.4) is 0 Å². The molecule has 0 bridgehead atoms. The van der Waals surface area contributed by atoms with Crippen LogP contribution in [0, 0.1) is 5.92 Å². The number of nitrogens with zero attached hydrogens (tertiary/aromatic N) is 1. The van der Waals surface area contributed by atoms with Gasteiger partial charge in [0.2, 0.25) is 0 Å². The Balaban J connectivity index is 1.73. The SMILES string of the molecule is CN1CCC(OC(=O)C2CCCNC2)CC1. The van der Waals surface area contributed by atoms with Crippen molar-refractivity contribution >= 4 is 5.97 Å². The second kappa shape index (κ2) is 5.64. The molecule has 2 aliphatic rings. The van der Waals surface area contributed by atoms with Crippen molar-refractivity contribution in [2.24, 2.45) is 5.92 Å². The van der Waals surface area contributed by atoms with Gasteiger partial charge in [0.1, 0.15) is 6.10 Å². The van der Waals surface area contributed by atoms with Crippen LogP contribution >= 0.6 is 0 Å². The van der Waals surface area contributed by atoms with Gasteiger partial charge in [0.05, 0.1) is 5.92 Å². The summed E-state index contributed by atoms with van der Waals surface area (Å²) >= 11 is 0. The number of carbonyl (C=O) groups excluding carboxylic acids is 1. The molecule has 16 heavy (non-hydrogen) atoms. The molecule has 2 saturated heterocycles. The van der Waals surface area contributed by atoms with Crippen molar-refractivity contribution in [2.45, 2.75) is 31.8 Å². The summed E-state index contributed by atoms with van der Waals surface area (Å²) in [4.78, 5) is 14.2. The van der Waals surface area contributed by atoms with E-state index in [0.717, 1.165) is 51.9 Å². The first-order valence-corrected chi connectivity index (χ1v) is 6.35. The van der Waals surface area contributed by atoms with E-state index in [-0.39, 0.29) is 18.0 Å². The normalized spacial score (nSPS) is 28.9. The Hall–Kier alpha value is -0.610. The summed E-state index contributed by atoms with van der Waals surface area (Å²) < 4.78 is 5.57. The highest BCUT2D eigenvalue weighted by atomic mass is 16.5. The summed E-state index contributed by atoms with van der Waals surface area (Å²) in [5.41, 5.74) is 0. The van der Waals surface area contributed by atoms with Crippen molar-refractivity contribution < 1.29 is 9.53 Å². The molecular weight excluding hydrogens is 204 g/mol. The predicted octanol–water partition coefficient (Wildman–Crippen LogP) is 0.623. The van der Waals surface area contributed by atoms with Gasteiger partial charge in [-0.3, -0.25) is 4.79 Å². The second-order valence-electron chi connectivity index (χ2n) is 4.98. The Morgan fingerprint density at radius 1 is 1.31 bits per heavy atom. The van der Waals surface area contributed by atoms with E-state index in [0.29, 0.717) is 0 Å².